The van der Waals surface area contributed by atoms with Gasteiger partial charge in [0, 0.05) is 13.2 Å². The largest absolute Gasteiger partial charge is 0.442 e. The summed E-state index contributed by atoms with van der Waals surface area (Å²) < 4.78 is 10.4. The predicted octanol–water partition coefficient (Wildman–Crippen LogP) is 1.21. The Morgan fingerprint density at radius 1 is 1.58 bits per heavy atom. The van der Waals surface area contributed by atoms with E-state index in [1.807, 2.05) is 20.8 Å². The summed E-state index contributed by atoms with van der Waals surface area (Å²) in [6.45, 7) is 6.89. The summed E-state index contributed by atoms with van der Waals surface area (Å²) in [5, 5.41) is 0. The summed E-state index contributed by atoms with van der Waals surface area (Å²) >= 11 is 0. The molecule has 0 radical (unpaired) electrons. The summed E-state index contributed by atoms with van der Waals surface area (Å²) in [5.74, 6) is 0. The van der Waals surface area contributed by atoms with Gasteiger partial charge in [-0.3, -0.25) is 4.90 Å². The van der Waals surface area contributed by atoms with Gasteiger partial charge in [-0.05, 0) is 20.8 Å². The van der Waals surface area contributed by atoms with Crippen molar-refractivity contribution in [3.8, 4) is 0 Å². The van der Waals surface area contributed by atoms with Gasteiger partial charge in [-0.15, -0.1) is 0 Å². The number of hydrogen-bond acceptors (Lipinski definition) is 3. The van der Waals surface area contributed by atoms with Gasteiger partial charge in [0.2, 0.25) is 0 Å². The van der Waals surface area contributed by atoms with Crippen LogP contribution in [0.25, 0.3) is 0 Å². The van der Waals surface area contributed by atoms with Crippen molar-refractivity contribution in [3.63, 3.8) is 0 Å². The number of carbonyl (C=O) groups is 1. The summed E-state index contributed by atoms with van der Waals surface area (Å²) in [7, 11) is 0. The van der Waals surface area contributed by atoms with Gasteiger partial charge in [0.25, 0.3) is 0 Å². The van der Waals surface area contributed by atoms with Gasteiger partial charge >= 0.3 is 6.09 Å². The first-order valence-corrected chi connectivity index (χ1v) is 4.29. The molecular formula is C8H15NO3. The highest BCUT2D eigenvalue weighted by atomic mass is 16.6. The van der Waals surface area contributed by atoms with Crippen molar-refractivity contribution >= 4 is 6.09 Å². The van der Waals surface area contributed by atoms with Crippen LogP contribution >= 0.6 is 0 Å². The van der Waals surface area contributed by atoms with Crippen molar-refractivity contribution in [2.75, 3.05) is 13.2 Å². The zero-order valence-corrected chi connectivity index (χ0v) is 7.74. The number of cyclic esters (lactones) is 1. The second-order valence-corrected chi connectivity index (χ2v) is 2.72. The SMILES string of the molecule is CCOC1C(C)OC(=O)N1CC. The zero-order chi connectivity index (χ0) is 9.14. The van der Waals surface area contributed by atoms with Crippen molar-refractivity contribution in [3.05, 3.63) is 0 Å². The molecule has 0 bridgehead atoms. The van der Waals surface area contributed by atoms with Crippen LogP contribution in [0.2, 0.25) is 0 Å². The maximum Gasteiger partial charge on any atom is 0.412 e. The van der Waals surface area contributed by atoms with Crippen molar-refractivity contribution in [1.29, 1.82) is 0 Å². The van der Waals surface area contributed by atoms with Crippen LogP contribution in [-0.4, -0.2) is 36.5 Å². The third-order valence-electron chi connectivity index (χ3n) is 1.91. The Balaban J connectivity index is 2.61. The van der Waals surface area contributed by atoms with Gasteiger partial charge in [-0.1, -0.05) is 0 Å². The van der Waals surface area contributed by atoms with Gasteiger partial charge < -0.3 is 9.47 Å². The number of rotatable bonds is 3. The average molecular weight is 173 g/mol. The van der Waals surface area contributed by atoms with Gasteiger partial charge in [-0.25, -0.2) is 4.79 Å². The lowest BCUT2D eigenvalue weighted by Gasteiger charge is -2.20. The van der Waals surface area contributed by atoms with Gasteiger partial charge in [0.1, 0.15) is 6.10 Å². The monoisotopic (exact) mass is 173 g/mol. The number of nitrogens with zero attached hydrogens (tertiary/aromatic N) is 1. The molecule has 1 heterocycles. The fourth-order valence-corrected chi connectivity index (χ4v) is 1.35. The van der Waals surface area contributed by atoms with E-state index in [4.69, 9.17) is 9.47 Å². The predicted molar refractivity (Wildman–Crippen MR) is 43.7 cm³/mol. The van der Waals surface area contributed by atoms with Crippen molar-refractivity contribution < 1.29 is 14.3 Å². The molecule has 4 heteroatoms. The first kappa shape index (κ1) is 9.32. The molecule has 2 unspecified atom stereocenters. The van der Waals surface area contributed by atoms with Crippen LogP contribution in [0.4, 0.5) is 4.79 Å². The summed E-state index contributed by atoms with van der Waals surface area (Å²) in [6.07, 6.45) is -0.631. The molecule has 0 saturated carbocycles. The van der Waals surface area contributed by atoms with Crippen LogP contribution in [-0.2, 0) is 9.47 Å². The second-order valence-electron chi connectivity index (χ2n) is 2.72. The highest BCUT2D eigenvalue weighted by Gasteiger charge is 2.38. The molecular weight excluding hydrogens is 158 g/mol. The molecule has 1 amide bonds. The van der Waals surface area contributed by atoms with E-state index in [-0.39, 0.29) is 18.4 Å². The van der Waals surface area contributed by atoms with E-state index in [0.29, 0.717) is 13.2 Å². The second kappa shape index (κ2) is 3.76. The van der Waals surface area contributed by atoms with Crippen molar-refractivity contribution in [2.24, 2.45) is 0 Å². The molecule has 0 spiro atoms. The van der Waals surface area contributed by atoms with E-state index in [9.17, 15) is 4.79 Å². The average Bonchev–Trinajstić information content (AvgIpc) is 2.28. The summed E-state index contributed by atoms with van der Waals surface area (Å²) in [6, 6.07) is 0. The summed E-state index contributed by atoms with van der Waals surface area (Å²) in [5.41, 5.74) is 0. The van der Waals surface area contributed by atoms with Crippen LogP contribution in [0.1, 0.15) is 20.8 Å². The molecule has 4 nitrogen and oxygen atoms in total. The van der Waals surface area contributed by atoms with Crippen molar-refractivity contribution in [1.82, 2.24) is 4.90 Å². The molecule has 12 heavy (non-hydrogen) atoms. The van der Waals surface area contributed by atoms with Gasteiger partial charge in [-0.2, -0.15) is 0 Å². The van der Waals surface area contributed by atoms with E-state index in [0.717, 1.165) is 0 Å². The van der Waals surface area contributed by atoms with Crippen molar-refractivity contribution in [2.45, 2.75) is 33.1 Å². The Hall–Kier alpha value is -0.770. The maximum atomic E-state index is 11.1. The number of ether oxygens (including phenoxy) is 2. The quantitative estimate of drug-likeness (QED) is 0.644. The first-order chi connectivity index (χ1) is 5.70. The van der Waals surface area contributed by atoms with E-state index >= 15 is 0 Å². The fourth-order valence-electron chi connectivity index (χ4n) is 1.35. The van der Waals surface area contributed by atoms with Crippen LogP contribution in [0.3, 0.4) is 0 Å². The number of amides is 1. The molecule has 1 saturated heterocycles. The van der Waals surface area contributed by atoms with E-state index < -0.39 is 0 Å². The van der Waals surface area contributed by atoms with E-state index in [1.54, 1.807) is 4.90 Å². The lowest BCUT2D eigenvalue weighted by molar-refractivity contribution is -0.0392. The molecule has 0 aromatic carbocycles. The molecule has 0 aromatic rings. The third kappa shape index (κ3) is 1.53. The maximum absolute atomic E-state index is 11.1. The molecule has 2 atom stereocenters. The first-order valence-electron chi connectivity index (χ1n) is 4.29. The van der Waals surface area contributed by atoms with E-state index in [1.165, 1.54) is 0 Å². The Morgan fingerprint density at radius 3 is 2.75 bits per heavy atom. The molecule has 0 aromatic heterocycles. The minimum absolute atomic E-state index is 0.155. The van der Waals surface area contributed by atoms with Crippen LogP contribution in [0.5, 0.6) is 0 Å². The molecule has 0 N–H and O–H groups in total. The highest BCUT2D eigenvalue weighted by Crippen LogP contribution is 2.19. The topological polar surface area (TPSA) is 38.8 Å². The number of hydrogen-bond donors (Lipinski definition) is 0. The molecule has 1 rings (SSSR count). The number of likely N-dealkylation sites (N-methyl/N-ethyl adjacent to an activating group) is 1. The van der Waals surface area contributed by atoms with Gasteiger partial charge in [0.15, 0.2) is 6.23 Å². The number of carbonyl (C=O) groups excluding carboxylic acids is 1. The van der Waals surface area contributed by atoms with Crippen LogP contribution in [0.15, 0.2) is 0 Å². The smallest absolute Gasteiger partial charge is 0.412 e. The molecule has 1 fully saturated rings. The summed E-state index contributed by atoms with van der Waals surface area (Å²) in [4.78, 5) is 12.7. The van der Waals surface area contributed by atoms with Crippen LogP contribution < -0.4 is 0 Å². The Labute approximate surface area is 72.4 Å². The zero-order valence-electron chi connectivity index (χ0n) is 7.74. The molecule has 1 aliphatic rings. The Kier molecular flexibility index (Phi) is 2.92. The molecule has 0 aliphatic carbocycles. The highest BCUT2D eigenvalue weighted by molar-refractivity contribution is 5.70. The standard InChI is InChI=1S/C8H15NO3/c1-4-9-7(11-5-2)6(3)12-8(9)10/h6-7H,4-5H2,1-3H3. The fraction of sp³-hybridized carbons (Fsp3) is 0.875. The minimum atomic E-state index is -0.275. The lowest BCUT2D eigenvalue weighted by Crippen LogP contribution is -2.37. The van der Waals surface area contributed by atoms with Gasteiger partial charge in [0.05, 0.1) is 0 Å². The third-order valence-corrected chi connectivity index (χ3v) is 1.91. The Morgan fingerprint density at radius 2 is 2.25 bits per heavy atom. The lowest BCUT2D eigenvalue weighted by atomic mass is 10.3. The molecule has 70 valence electrons. The minimum Gasteiger partial charge on any atom is -0.442 e. The van der Waals surface area contributed by atoms with Crippen LogP contribution in [0, 0.1) is 0 Å². The van der Waals surface area contributed by atoms with E-state index in [2.05, 4.69) is 0 Å². The Bertz CT molecular complexity index is 172. The molecule has 1 aliphatic heterocycles. The normalized spacial score (nSPS) is 29.2.